The summed E-state index contributed by atoms with van der Waals surface area (Å²) in [6.45, 7) is 2.03. The Hall–Kier alpha value is -1.29. The van der Waals surface area contributed by atoms with Gasteiger partial charge in [0.1, 0.15) is 5.58 Å². The fraction of sp³-hybridized carbons (Fsp3) is 0.438. The van der Waals surface area contributed by atoms with E-state index >= 15 is 0 Å². The lowest BCUT2D eigenvalue weighted by Gasteiger charge is -2.25. The first-order valence-corrected chi connectivity index (χ1v) is 7.98. The average Bonchev–Trinajstić information content (AvgIpc) is 2.84. The van der Waals surface area contributed by atoms with Crippen LogP contribution in [0.3, 0.4) is 0 Å². The molecule has 0 unspecified atom stereocenters. The summed E-state index contributed by atoms with van der Waals surface area (Å²) in [5.41, 5.74) is 1.94. The standard InChI is InChI=1S/C16H18BrNO2/c1-10-2-7-14-11(8-10)9-15(20-14)16(19)18-13-5-3-12(17)4-6-13/h2,7-9,12-13H,3-6H2,1H3,(H,18,19). The molecule has 0 atom stereocenters. The third-order valence-electron chi connectivity index (χ3n) is 3.89. The second-order valence-corrected chi connectivity index (χ2v) is 6.87. The molecule has 3 nitrogen and oxygen atoms in total. The van der Waals surface area contributed by atoms with E-state index in [2.05, 4.69) is 21.2 Å². The minimum absolute atomic E-state index is 0.100. The maximum absolute atomic E-state index is 12.2. The summed E-state index contributed by atoms with van der Waals surface area (Å²) in [6, 6.07) is 8.04. The van der Waals surface area contributed by atoms with E-state index in [4.69, 9.17) is 4.42 Å². The quantitative estimate of drug-likeness (QED) is 0.836. The van der Waals surface area contributed by atoms with Crippen LogP contribution in [0.1, 0.15) is 41.8 Å². The minimum Gasteiger partial charge on any atom is -0.451 e. The largest absolute Gasteiger partial charge is 0.451 e. The monoisotopic (exact) mass is 335 g/mol. The van der Waals surface area contributed by atoms with Crippen molar-refractivity contribution >= 4 is 32.8 Å². The zero-order valence-corrected chi connectivity index (χ0v) is 13.1. The van der Waals surface area contributed by atoms with E-state index in [9.17, 15) is 4.79 Å². The number of amides is 1. The fourth-order valence-electron chi connectivity index (χ4n) is 2.73. The van der Waals surface area contributed by atoms with Crippen LogP contribution in [-0.4, -0.2) is 16.8 Å². The third-order valence-corrected chi connectivity index (χ3v) is 4.80. The van der Waals surface area contributed by atoms with Crippen molar-refractivity contribution in [1.82, 2.24) is 5.32 Å². The summed E-state index contributed by atoms with van der Waals surface area (Å²) < 4.78 is 5.63. The maximum Gasteiger partial charge on any atom is 0.287 e. The van der Waals surface area contributed by atoms with Gasteiger partial charge >= 0.3 is 0 Å². The number of hydrogen-bond donors (Lipinski definition) is 1. The molecule has 1 aliphatic carbocycles. The lowest BCUT2D eigenvalue weighted by atomic mass is 9.95. The molecule has 1 saturated carbocycles. The Labute approximate surface area is 126 Å². The van der Waals surface area contributed by atoms with Gasteiger partial charge in [-0.3, -0.25) is 4.79 Å². The van der Waals surface area contributed by atoms with Gasteiger partial charge in [-0.25, -0.2) is 0 Å². The zero-order valence-electron chi connectivity index (χ0n) is 11.5. The molecule has 2 aromatic rings. The molecular weight excluding hydrogens is 318 g/mol. The Morgan fingerprint density at radius 3 is 2.75 bits per heavy atom. The Bertz CT molecular complexity index is 626. The molecule has 0 radical (unpaired) electrons. The van der Waals surface area contributed by atoms with E-state index < -0.39 is 0 Å². The molecule has 0 aliphatic heterocycles. The molecule has 1 heterocycles. The van der Waals surface area contributed by atoms with Crippen molar-refractivity contribution in [2.45, 2.75) is 43.5 Å². The van der Waals surface area contributed by atoms with Gasteiger partial charge in [-0.15, -0.1) is 0 Å². The topological polar surface area (TPSA) is 42.2 Å². The second kappa shape index (κ2) is 5.60. The minimum atomic E-state index is -0.100. The summed E-state index contributed by atoms with van der Waals surface area (Å²) in [4.78, 5) is 12.8. The highest BCUT2D eigenvalue weighted by atomic mass is 79.9. The van der Waals surface area contributed by atoms with Crippen LogP contribution in [0.15, 0.2) is 28.7 Å². The second-order valence-electron chi connectivity index (χ2n) is 5.57. The molecule has 4 heteroatoms. The number of hydrogen-bond acceptors (Lipinski definition) is 2. The van der Waals surface area contributed by atoms with E-state index in [0.717, 1.165) is 36.7 Å². The first kappa shape index (κ1) is 13.7. The number of fused-ring (bicyclic) bond motifs is 1. The van der Waals surface area contributed by atoms with Crippen LogP contribution >= 0.6 is 15.9 Å². The van der Waals surface area contributed by atoms with Crippen molar-refractivity contribution in [1.29, 1.82) is 0 Å². The van der Waals surface area contributed by atoms with E-state index in [1.54, 1.807) is 0 Å². The van der Waals surface area contributed by atoms with Crippen LogP contribution in [0.4, 0.5) is 0 Å². The lowest BCUT2D eigenvalue weighted by Crippen LogP contribution is -2.37. The van der Waals surface area contributed by atoms with Gasteiger partial charge in [-0.05, 0) is 50.8 Å². The van der Waals surface area contributed by atoms with Gasteiger partial charge in [0.05, 0.1) is 0 Å². The number of carbonyl (C=O) groups excluding carboxylic acids is 1. The molecule has 0 spiro atoms. The van der Waals surface area contributed by atoms with Crippen LogP contribution in [-0.2, 0) is 0 Å². The van der Waals surface area contributed by atoms with E-state index in [-0.39, 0.29) is 11.9 Å². The van der Waals surface area contributed by atoms with Crippen molar-refractivity contribution in [2.24, 2.45) is 0 Å². The number of nitrogens with one attached hydrogen (secondary N) is 1. The summed E-state index contributed by atoms with van der Waals surface area (Å²) in [7, 11) is 0. The van der Waals surface area contributed by atoms with Crippen molar-refractivity contribution < 1.29 is 9.21 Å². The van der Waals surface area contributed by atoms with Gasteiger partial charge in [-0.2, -0.15) is 0 Å². The molecule has 3 rings (SSSR count). The van der Waals surface area contributed by atoms with Crippen molar-refractivity contribution in [3.8, 4) is 0 Å². The Morgan fingerprint density at radius 1 is 1.25 bits per heavy atom. The Balaban J connectivity index is 1.72. The Morgan fingerprint density at radius 2 is 2.00 bits per heavy atom. The van der Waals surface area contributed by atoms with Gasteiger partial charge in [0.15, 0.2) is 5.76 Å². The van der Waals surface area contributed by atoms with Gasteiger partial charge < -0.3 is 9.73 Å². The normalized spacial score (nSPS) is 22.9. The molecule has 1 aliphatic rings. The molecule has 1 amide bonds. The van der Waals surface area contributed by atoms with Gasteiger partial charge in [-0.1, -0.05) is 27.6 Å². The predicted octanol–water partition coefficient (Wildman–Crippen LogP) is 4.18. The highest BCUT2D eigenvalue weighted by Gasteiger charge is 2.22. The highest BCUT2D eigenvalue weighted by molar-refractivity contribution is 9.09. The van der Waals surface area contributed by atoms with Crippen molar-refractivity contribution in [2.75, 3.05) is 0 Å². The lowest BCUT2D eigenvalue weighted by molar-refractivity contribution is 0.0902. The summed E-state index contributed by atoms with van der Waals surface area (Å²) in [6.07, 6.45) is 4.29. The van der Waals surface area contributed by atoms with Crippen LogP contribution in [0, 0.1) is 6.92 Å². The van der Waals surface area contributed by atoms with E-state index in [0.29, 0.717) is 10.6 Å². The number of alkyl halides is 1. The predicted molar refractivity (Wildman–Crippen MR) is 83.4 cm³/mol. The highest BCUT2D eigenvalue weighted by Crippen LogP contribution is 2.25. The fourth-order valence-corrected chi connectivity index (χ4v) is 3.26. The zero-order chi connectivity index (χ0) is 14.1. The van der Waals surface area contributed by atoms with Crippen molar-refractivity contribution in [3.05, 3.63) is 35.6 Å². The number of aryl methyl sites for hydroxylation is 1. The number of furan rings is 1. The SMILES string of the molecule is Cc1ccc2oc(C(=O)NC3CCC(Br)CC3)cc2c1. The molecule has 1 aromatic heterocycles. The molecule has 0 bridgehead atoms. The molecular formula is C16H18BrNO2. The van der Waals surface area contributed by atoms with Crippen LogP contribution in [0.5, 0.6) is 0 Å². The van der Waals surface area contributed by atoms with Crippen LogP contribution in [0.2, 0.25) is 0 Å². The number of carbonyl (C=O) groups is 1. The van der Waals surface area contributed by atoms with Crippen molar-refractivity contribution in [3.63, 3.8) is 0 Å². The third kappa shape index (κ3) is 2.90. The van der Waals surface area contributed by atoms with Gasteiger partial charge in [0.25, 0.3) is 5.91 Å². The summed E-state index contributed by atoms with van der Waals surface area (Å²) in [5.74, 6) is 0.309. The maximum atomic E-state index is 12.2. The number of halogens is 1. The Kier molecular flexibility index (Phi) is 3.83. The molecule has 0 saturated heterocycles. The molecule has 1 fully saturated rings. The number of benzene rings is 1. The number of rotatable bonds is 2. The summed E-state index contributed by atoms with van der Waals surface area (Å²) >= 11 is 3.63. The summed E-state index contributed by atoms with van der Waals surface area (Å²) in [5, 5.41) is 4.06. The van der Waals surface area contributed by atoms with Gasteiger partial charge in [0.2, 0.25) is 0 Å². The molecule has 20 heavy (non-hydrogen) atoms. The molecule has 1 N–H and O–H groups in total. The van der Waals surface area contributed by atoms with E-state index in [1.165, 1.54) is 5.56 Å². The van der Waals surface area contributed by atoms with Crippen LogP contribution in [0.25, 0.3) is 11.0 Å². The van der Waals surface area contributed by atoms with Crippen LogP contribution < -0.4 is 5.32 Å². The molecule has 1 aromatic carbocycles. The first-order chi connectivity index (χ1) is 9.61. The molecule has 106 valence electrons. The first-order valence-electron chi connectivity index (χ1n) is 7.07. The average molecular weight is 336 g/mol. The smallest absolute Gasteiger partial charge is 0.287 e. The van der Waals surface area contributed by atoms with E-state index in [1.807, 2.05) is 31.2 Å². The van der Waals surface area contributed by atoms with Gasteiger partial charge in [0, 0.05) is 16.3 Å².